The number of hydrogen-bond donors (Lipinski definition) is 4. The fourth-order valence-electron chi connectivity index (χ4n) is 3.90. The van der Waals surface area contributed by atoms with Gasteiger partial charge in [-0.3, -0.25) is 0 Å². The summed E-state index contributed by atoms with van der Waals surface area (Å²) >= 11 is 0. The van der Waals surface area contributed by atoms with E-state index in [1.807, 2.05) is 4.90 Å². The van der Waals surface area contributed by atoms with Gasteiger partial charge in [-0.15, -0.1) is 0 Å². The molecule has 10 heteroatoms. The Labute approximate surface area is 162 Å². The second kappa shape index (κ2) is 7.88. The maximum Gasteiger partial charge on any atom is 0.451 e. The van der Waals surface area contributed by atoms with Crippen molar-refractivity contribution in [3.8, 4) is 0 Å². The topological polar surface area (TPSA) is 132 Å². The van der Waals surface area contributed by atoms with Crippen LogP contribution in [0.4, 0.5) is 0 Å². The standard InChI is InChI=1S/C18H24BNO8/c21-15-10(5-6-19(24)25)3-4-12(14(15)18(22)23)27-11-8-20(9-11)17-16(28-17)13-2-1-7-26-13/h3-4,8,10,13,15-17,21,24-25H,1-2,5-7,9H2,(H,22,23)/t10?,13-,15?,16?,17?/m0/s1. The molecule has 0 saturated carbocycles. The Balaban J connectivity index is 1.36. The van der Waals surface area contributed by atoms with Crippen molar-refractivity contribution in [3.05, 3.63) is 35.4 Å². The number of carboxylic acids is 1. The summed E-state index contributed by atoms with van der Waals surface area (Å²) < 4.78 is 17.0. The number of rotatable bonds is 8. The molecular weight excluding hydrogens is 369 g/mol. The molecular formula is C18H24BNO8. The van der Waals surface area contributed by atoms with E-state index < -0.39 is 25.1 Å². The van der Waals surface area contributed by atoms with E-state index in [0.29, 0.717) is 12.3 Å². The Morgan fingerprint density at radius 1 is 1.39 bits per heavy atom. The van der Waals surface area contributed by atoms with Gasteiger partial charge in [0.25, 0.3) is 0 Å². The van der Waals surface area contributed by atoms with Crippen molar-refractivity contribution in [1.29, 1.82) is 0 Å². The number of ether oxygens (including phenoxy) is 3. The summed E-state index contributed by atoms with van der Waals surface area (Å²) in [7, 11) is -1.50. The molecule has 4 aliphatic rings. The van der Waals surface area contributed by atoms with Crippen molar-refractivity contribution in [2.45, 2.75) is 50.1 Å². The fourth-order valence-corrected chi connectivity index (χ4v) is 3.90. The first-order valence-electron chi connectivity index (χ1n) is 9.55. The number of allylic oxidation sites excluding steroid dienone is 1. The van der Waals surface area contributed by atoms with Crippen molar-refractivity contribution in [1.82, 2.24) is 4.90 Å². The van der Waals surface area contributed by atoms with E-state index in [1.165, 1.54) is 6.08 Å². The highest BCUT2D eigenvalue weighted by atomic mass is 16.6. The normalized spacial score (nSPS) is 34.2. The van der Waals surface area contributed by atoms with Gasteiger partial charge in [0.1, 0.15) is 23.2 Å². The molecule has 0 bridgehead atoms. The van der Waals surface area contributed by atoms with Crippen LogP contribution in [0.5, 0.6) is 0 Å². The highest BCUT2D eigenvalue weighted by Gasteiger charge is 2.51. The van der Waals surface area contributed by atoms with Gasteiger partial charge in [-0.2, -0.15) is 0 Å². The maximum absolute atomic E-state index is 11.6. The van der Waals surface area contributed by atoms with Crippen molar-refractivity contribution in [2.75, 3.05) is 13.2 Å². The van der Waals surface area contributed by atoms with E-state index in [4.69, 9.17) is 24.3 Å². The third kappa shape index (κ3) is 3.96. The SMILES string of the molecule is O=C(O)C1=C(OC2=CN(C3OC3[C@@H]3CCCO3)C2)C=CC(CCB(O)O)C1O. The highest BCUT2D eigenvalue weighted by Crippen LogP contribution is 2.39. The summed E-state index contributed by atoms with van der Waals surface area (Å²) in [5.41, 5.74) is -0.223. The summed E-state index contributed by atoms with van der Waals surface area (Å²) in [6, 6.07) is 0. The molecule has 9 nitrogen and oxygen atoms in total. The zero-order valence-electron chi connectivity index (χ0n) is 15.3. The molecule has 0 spiro atoms. The minimum Gasteiger partial charge on any atom is -0.478 e. The van der Waals surface area contributed by atoms with Crippen molar-refractivity contribution >= 4 is 13.1 Å². The van der Waals surface area contributed by atoms with Gasteiger partial charge in [0.05, 0.1) is 18.8 Å². The monoisotopic (exact) mass is 393 g/mol. The number of aliphatic carboxylic acids is 1. The Kier molecular flexibility index (Phi) is 5.48. The molecule has 0 aromatic heterocycles. The smallest absolute Gasteiger partial charge is 0.451 e. The van der Waals surface area contributed by atoms with Gasteiger partial charge in [-0.1, -0.05) is 6.08 Å². The molecule has 3 heterocycles. The molecule has 4 N–H and O–H groups in total. The molecule has 28 heavy (non-hydrogen) atoms. The van der Waals surface area contributed by atoms with E-state index in [-0.39, 0.29) is 42.5 Å². The van der Waals surface area contributed by atoms with Crippen LogP contribution >= 0.6 is 0 Å². The average Bonchev–Trinajstić information content (AvgIpc) is 3.18. The summed E-state index contributed by atoms with van der Waals surface area (Å²) in [6.07, 6.45) is 6.23. The predicted octanol–water partition coefficient (Wildman–Crippen LogP) is -0.188. The van der Waals surface area contributed by atoms with Gasteiger partial charge in [-0.25, -0.2) is 4.79 Å². The molecule has 4 unspecified atom stereocenters. The lowest BCUT2D eigenvalue weighted by Crippen LogP contribution is -2.37. The summed E-state index contributed by atoms with van der Waals surface area (Å²) in [5.74, 6) is -1.09. The second-order valence-electron chi connectivity index (χ2n) is 7.52. The summed E-state index contributed by atoms with van der Waals surface area (Å²) in [4.78, 5) is 13.6. The first kappa shape index (κ1) is 19.5. The zero-order chi connectivity index (χ0) is 19.8. The number of carbonyl (C=O) groups is 1. The molecule has 1 aliphatic carbocycles. The number of aliphatic hydroxyl groups is 1. The van der Waals surface area contributed by atoms with E-state index in [2.05, 4.69) is 0 Å². The van der Waals surface area contributed by atoms with Crippen LogP contribution in [0.25, 0.3) is 0 Å². The third-order valence-electron chi connectivity index (χ3n) is 5.50. The van der Waals surface area contributed by atoms with Gasteiger partial charge < -0.3 is 39.4 Å². The minimum atomic E-state index is -1.50. The Hall–Kier alpha value is -1.85. The first-order chi connectivity index (χ1) is 13.4. The van der Waals surface area contributed by atoms with Crippen LogP contribution in [-0.4, -0.2) is 75.9 Å². The first-order valence-corrected chi connectivity index (χ1v) is 9.55. The van der Waals surface area contributed by atoms with E-state index >= 15 is 0 Å². The number of aliphatic hydroxyl groups excluding tert-OH is 1. The molecule has 152 valence electrons. The Bertz CT molecular complexity index is 714. The van der Waals surface area contributed by atoms with Gasteiger partial charge in [0.15, 0.2) is 6.23 Å². The lowest BCUT2D eigenvalue weighted by Gasteiger charge is -2.32. The second-order valence-corrected chi connectivity index (χ2v) is 7.52. The molecule has 2 saturated heterocycles. The van der Waals surface area contributed by atoms with Gasteiger partial charge >= 0.3 is 13.1 Å². The van der Waals surface area contributed by atoms with Gasteiger partial charge in [-0.05, 0) is 31.7 Å². The molecule has 4 rings (SSSR count). The molecule has 0 amide bonds. The van der Waals surface area contributed by atoms with Crippen LogP contribution in [0, 0.1) is 5.92 Å². The summed E-state index contributed by atoms with van der Waals surface area (Å²) in [5, 5.41) is 37.9. The third-order valence-corrected chi connectivity index (χ3v) is 5.50. The van der Waals surface area contributed by atoms with Crippen molar-refractivity contribution in [2.24, 2.45) is 5.92 Å². The summed E-state index contributed by atoms with van der Waals surface area (Å²) in [6.45, 7) is 1.27. The van der Waals surface area contributed by atoms with Crippen molar-refractivity contribution in [3.63, 3.8) is 0 Å². The predicted molar refractivity (Wildman–Crippen MR) is 96.4 cm³/mol. The van der Waals surface area contributed by atoms with E-state index in [1.54, 1.807) is 12.3 Å². The van der Waals surface area contributed by atoms with Crippen LogP contribution in [-0.2, 0) is 19.0 Å². The number of hydrogen-bond acceptors (Lipinski definition) is 8. The quantitative estimate of drug-likeness (QED) is 0.327. The molecule has 0 radical (unpaired) electrons. The number of nitrogens with zero attached hydrogens (tertiary/aromatic N) is 1. The molecule has 5 atom stereocenters. The van der Waals surface area contributed by atoms with Gasteiger partial charge in [0.2, 0.25) is 0 Å². The molecule has 0 aromatic rings. The van der Waals surface area contributed by atoms with Crippen LogP contribution in [0.15, 0.2) is 35.4 Å². The van der Waals surface area contributed by atoms with Crippen LogP contribution < -0.4 is 0 Å². The zero-order valence-corrected chi connectivity index (χ0v) is 15.3. The maximum atomic E-state index is 11.6. The van der Waals surface area contributed by atoms with E-state index in [0.717, 1.165) is 19.4 Å². The largest absolute Gasteiger partial charge is 0.478 e. The highest BCUT2D eigenvalue weighted by molar-refractivity contribution is 6.40. The fraction of sp³-hybridized carbons (Fsp3) is 0.611. The molecule has 0 aromatic carbocycles. The molecule has 2 fully saturated rings. The van der Waals surface area contributed by atoms with Crippen LogP contribution in [0.2, 0.25) is 6.32 Å². The van der Waals surface area contributed by atoms with Crippen LogP contribution in [0.3, 0.4) is 0 Å². The number of carboxylic acid groups (broad SMARTS) is 1. The van der Waals surface area contributed by atoms with Crippen LogP contribution in [0.1, 0.15) is 19.3 Å². The number of epoxide rings is 1. The Morgan fingerprint density at radius 3 is 2.82 bits per heavy atom. The Morgan fingerprint density at radius 2 is 2.18 bits per heavy atom. The average molecular weight is 393 g/mol. The lowest BCUT2D eigenvalue weighted by molar-refractivity contribution is -0.134. The van der Waals surface area contributed by atoms with Crippen molar-refractivity contribution < 1.29 is 39.3 Å². The van der Waals surface area contributed by atoms with Gasteiger partial charge in [0, 0.05) is 18.7 Å². The lowest BCUT2D eigenvalue weighted by atomic mass is 9.77. The minimum absolute atomic E-state index is 0.0230. The van der Waals surface area contributed by atoms with E-state index in [9.17, 15) is 15.0 Å². The molecule has 3 aliphatic heterocycles.